The van der Waals surface area contributed by atoms with E-state index in [9.17, 15) is 39.9 Å². The summed E-state index contributed by atoms with van der Waals surface area (Å²) < 4.78 is 108. The fourth-order valence-corrected chi connectivity index (χ4v) is 5.87. The van der Waals surface area contributed by atoms with Gasteiger partial charge < -0.3 is 5.11 Å². The minimum Gasteiger partial charge on any atom is -0.376 e. The molecule has 35 heavy (non-hydrogen) atoms. The molecule has 0 aliphatic heterocycles. The van der Waals surface area contributed by atoms with Crippen molar-refractivity contribution in [2.45, 2.75) is 35.7 Å². The Morgan fingerprint density at radius 1 is 1.00 bits per heavy atom. The predicted molar refractivity (Wildman–Crippen MR) is 120 cm³/mol. The van der Waals surface area contributed by atoms with Crippen molar-refractivity contribution in [2.75, 3.05) is 11.4 Å². The molecule has 0 fully saturated rings. The Morgan fingerprint density at radius 3 is 2.14 bits per heavy atom. The molecule has 0 amide bonds. The predicted octanol–water partition coefficient (Wildman–Crippen LogP) is 6.71. The second kappa shape index (κ2) is 9.49. The summed E-state index contributed by atoms with van der Waals surface area (Å²) in [7, 11) is -3.14. The van der Waals surface area contributed by atoms with Gasteiger partial charge in [0.1, 0.15) is 4.90 Å². The number of anilines is 1. The lowest BCUT2D eigenvalue weighted by molar-refractivity contribution is -0.287. The number of sulfonamides is 1. The second-order valence-corrected chi connectivity index (χ2v) is 10.9. The van der Waals surface area contributed by atoms with Crippen LogP contribution >= 0.6 is 23.2 Å². The molecule has 0 radical (unpaired) electrons. The summed E-state index contributed by atoms with van der Waals surface area (Å²) in [5, 5.41) is 10.7. The van der Waals surface area contributed by atoms with E-state index in [2.05, 4.69) is 0 Å². The van der Waals surface area contributed by atoms with Gasteiger partial charge in [-0.05, 0) is 48.7 Å². The zero-order chi connectivity index (χ0) is 26.4. The summed E-state index contributed by atoms with van der Waals surface area (Å²) in [5.74, 6) is -3.94. The van der Waals surface area contributed by atoms with Gasteiger partial charge in [-0.25, -0.2) is 8.42 Å². The normalized spacial score (nSPS) is 21.0. The Morgan fingerprint density at radius 2 is 1.60 bits per heavy atom. The molecule has 3 rings (SSSR count). The number of rotatable bonds is 5. The molecule has 1 N–H and O–H groups in total. The average Bonchev–Trinajstić information content (AvgIpc) is 2.78. The Kier molecular flexibility index (Phi) is 7.50. The number of nitrogens with zero attached hydrogens (tertiary/aromatic N) is 1. The van der Waals surface area contributed by atoms with Crippen molar-refractivity contribution >= 4 is 38.9 Å². The molecule has 0 aromatic heterocycles. The van der Waals surface area contributed by atoms with Crippen LogP contribution in [-0.2, 0) is 15.6 Å². The Hall–Kier alpha value is -1.95. The largest absolute Gasteiger partial charge is 0.422 e. The third kappa shape index (κ3) is 5.28. The molecule has 13 heteroatoms. The van der Waals surface area contributed by atoms with Crippen LogP contribution in [0.5, 0.6) is 0 Å². The van der Waals surface area contributed by atoms with Gasteiger partial charge >= 0.3 is 12.4 Å². The van der Waals surface area contributed by atoms with Crippen LogP contribution in [0.25, 0.3) is 0 Å². The summed E-state index contributed by atoms with van der Waals surface area (Å²) in [6.45, 7) is 0. The van der Waals surface area contributed by atoms with E-state index in [1.807, 2.05) is 0 Å². The molecule has 0 saturated heterocycles. The first-order valence-corrected chi connectivity index (χ1v) is 12.3. The first kappa shape index (κ1) is 27.6. The molecular formula is C22H19Cl2F6NO3S. The van der Waals surface area contributed by atoms with Crippen molar-refractivity contribution in [2.24, 2.45) is 11.8 Å². The van der Waals surface area contributed by atoms with Crippen molar-refractivity contribution < 1.29 is 39.9 Å². The maximum Gasteiger partial charge on any atom is 0.422 e. The molecule has 1 aliphatic rings. The minimum atomic E-state index is -5.32. The molecule has 1 aliphatic carbocycles. The average molecular weight is 562 g/mol. The van der Waals surface area contributed by atoms with E-state index in [1.165, 1.54) is 12.1 Å². The maximum atomic E-state index is 14.1. The van der Waals surface area contributed by atoms with E-state index in [0.717, 1.165) is 53.8 Å². The van der Waals surface area contributed by atoms with Gasteiger partial charge in [0.15, 0.2) is 5.60 Å². The lowest BCUT2D eigenvalue weighted by atomic mass is 9.72. The zero-order valence-electron chi connectivity index (χ0n) is 17.9. The molecule has 0 bridgehead atoms. The third-order valence-electron chi connectivity index (χ3n) is 5.96. The number of hydrogen-bond donors (Lipinski definition) is 1. The van der Waals surface area contributed by atoms with Crippen molar-refractivity contribution in [3.05, 3.63) is 70.2 Å². The minimum absolute atomic E-state index is 0.0818. The van der Waals surface area contributed by atoms with E-state index in [0.29, 0.717) is 0 Å². The zero-order valence-corrected chi connectivity index (χ0v) is 20.2. The van der Waals surface area contributed by atoms with Crippen LogP contribution in [0.15, 0.2) is 59.5 Å². The first-order chi connectivity index (χ1) is 16.0. The van der Waals surface area contributed by atoms with Gasteiger partial charge in [0, 0.05) is 18.0 Å². The molecule has 0 saturated carbocycles. The van der Waals surface area contributed by atoms with Gasteiger partial charge in [0.2, 0.25) is 0 Å². The molecule has 3 unspecified atom stereocenters. The van der Waals surface area contributed by atoms with Gasteiger partial charge in [-0.15, -0.1) is 0 Å². The van der Waals surface area contributed by atoms with Crippen LogP contribution in [0.1, 0.15) is 18.4 Å². The number of allylic oxidation sites excluding steroid dienone is 1. The van der Waals surface area contributed by atoms with Gasteiger partial charge in [0.25, 0.3) is 10.0 Å². The lowest BCUT2D eigenvalue weighted by Crippen LogP contribution is -2.49. The van der Waals surface area contributed by atoms with E-state index < -0.39 is 58.2 Å². The molecule has 2 aromatic carbocycles. The smallest absolute Gasteiger partial charge is 0.376 e. The highest BCUT2D eigenvalue weighted by Gasteiger charge is 2.60. The summed E-state index contributed by atoms with van der Waals surface area (Å²) in [6, 6.07) is 7.44. The Labute approximate surface area is 207 Å². The number of aliphatic hydroxyl groups is 1. The van der Waals surface area contributed by atoms with E-state index >= 15 is 0 Å². The van der Waals surface area contributed by atoms with Crippen molar-refractivity contribution in [3.8, 4) is 0 Å². The van der Waals surface area contributed by atoms with Crippen LogP contribution < -0.4 is 4.31 Å². The van der Waals surface area contributed by atoms with Crippen LogP contribution in [0, 0.1) is 11.8 Å². The standard InChI is InChI=1S/C22H19Cl2F6NO3S/c1-31(35(33,34)19-12-16(23)7-10-18(19)24)17-8-5-13(6-9-17)20(32,22(28,29)30)14-3-2-4-15(11-14)21(25,26)27/h2-3,5-10,12,14-15,32H,4,11H2,1H3. The fourth-order valence-electron chi connectivity index (χ4n) is 3.94. The molecule has 0 spiro atoms. The van der Waals surface area contributed by atoms with Gasteiger partial charge in [-0.2, -0.15) is 26.3 Å². The van der Waals surface area contributed by atoms with Crippen LogP contribution in [-0.4, -0.2) is 32.9 Å². The SMILES string of the molecule is CN(c1ccc(C(O)(C2C=CCC(C(F)(F)F)C2)C(F)(F)F)cc1)S(=O)(=O)c1cc(Cl)ccc1Cl. The Balaban J connectivity index is 1.99. The lowest BCUT2D eigenvalue weighted by Gasteiger charge is -2.40. The molecular weight excluding hydrogens is 543 g/mol. The second-order valence-electron chi connectivity index (χ2n) is 8.10. The highest BCUT2D eigenvalue weighted by molar-refractivity contribution is 7.93. The number of alkyl halides is 6. The van der Waals surface area contributed by atoms with Gasteiger partial charge in [-0.1, -0.05) is 47.5 Å². The highest BCUT2D eigenvalue weighted by atomic mass is 35.5. The van der Waals surface area contributed by atoms with E-state index in [1.54, 1.807) is 0 Å². The number of hydrogen-bond acceptors (Lipinski definition) is 3. The Bertz CT molecular complexity index is 1220. The third-order valence-corrected chi connectivity index (χ3v) is 8.46. The summed E-state index contributed by atoms with van der Waals surface area (Å²) >= 11 is 11.8. The fraction of sp³-hybridized carbons (Fsp3) is 0.364. The first-order valence-electron chi connectivity index (χ1n) is 10.1. The van der Waals surface area contributed by atoms with Gasteiger partial charge in [-0.3, -0.25) is 4.31 Å². The summed E-state index contributed by atoms with van der Waals surface area (Å²) in [5.41, 5.74) is -4.43. The molecule has 3 atom stereocenters. The molecule has 2 aromatic rings. The number of halogens is 8. The van der Waals surface area contributed by atoms with Crippen LogP contribution in [0.3, 0.4) is 0 Å². The number of benzene rings is 2. The van der Waals surface area contributed by atoms with Crippen molar-refractivity contribution in [3.63, 3.8) is 0 Å². The van der Waals surface area contributed by atoms with Crippen LogP contribution in [0.2, 0.25) is 10.0 Å². The monoisotopic (exact) mass is 561 g/mol. The van der Waals surface area contributed by atoms with Crippen LogP contribution in [0.4, 0.5) is 32.0 Å². The quantitative estimate of drug-likeness (QED) is 0.326. The maximum absolute atomic E-state index is 14.1. The summed E-state index contributed by atoms with van der Waals surface area (Å²) in [6.07, 6.45) is -9.57. The molecule has 0 heterocycles. The highest BCUT2D eigenvalue weighted by Crippen LogP contribution is 2.50. The summed E-state index contributed by atoms with van der Waals surface area (Å²) in [4.78, 5) is -0.337. The molecule has 4 nitrogen and oxygen atoms in total. The van der Waals surface area contributed by atoms with E-state index in [-0.39, 0.29) is 20.6 Å². The van der Waals surface area contributed by atoms with Crippen molar-refractivity contribution in [1.29, 1.82) is 0 Å². The van der Waals surface area contributed by atoms with Crippen molar-refractivity contribution in [1.82, 2.24) is 0 Å². The molecule has 192 valence electrons. The van der Waals surface area contributed by atoms with E-state index in [4.69, 9.17) is 23.2 Å². The topological polar surface area (TPSA) is 57.6 Å². The van der Waals surface area contributed by atoms with Gasteiger partial charge in [0.05, 0.1) is 16.6 Å².